The number of ether oxygens (including phenoxy) is 1. The van der Waals surface area contributed by atoms with E-state index in [2.05, 4.69) is 44.0 Å². The molecule has 5 heteroatoms. The zero-order valence-electron chi connectivity index (χ0n) is 19.4. The number of aromatic nitrogens is 2. The fourth-order valence-corrected chi connectivity index (χ4v) is 5.27. The summed E-state index contributed by atoms with van der Waals surface area (Å²) < 4.78 is 7.76. The minimum Gasteiger partial charge on any atom is -0.459 e. The summed E-state index contributed by atoms with van der Waals surface area (Å²) in [4.78, 5) is 16.8. The van der Waals surface area contributed by atoms with Crippen LogP contribution in [0.4, 0.5) is 0 Å². The fourth-order valence-electron chi connectivity index (χ4n) is 5.27. The van der Waals surface area contributed by atoms with Crippen molar-refractivity contribution in [2.24, 2.45) is 36.6 Å². The molecule has 5 atom stereocenters. The molecule has 2 aliphatic rings. The number of hydrogen-bond donors (Lipinski definition) is 1. The molecular formula is C26H38N2O3. The Hall–Kier alpha value is -2.14. The molecule has 1 N–H and O–H groups in total. The fraction of sp³-hybridized carbons (Fsp3) is 0.615. The topological polar surface area (TPSA) is 64.3 Å². The SMILES string of the molecule is CC1=CC[C@H](C(C)C)[C@H]2CC(CO)C/C=C\C[C@@H](OC(=O)/C=C/c3cn(C)cn3)C[C@@H]12. The van der Waals surface area contributed by atoms with Crippen LogP contribution in [0.5, 0.6) is 0 Å². The molecule has 0 saturated carbocycles. The Morgan fingerprint density at radius 3 is 2.74 bits per heavy atom. The highest BCUT2D eigenvalue weighted by Crippen LogP contribution is 2.45. The summed E-state index contributed by atoms with van der Waals surface area (Å²) in [6, 6.07) is 0. The quantitative estimate of drug-likeness (QED) is 0.412. The van der Waals surface area contributed by atoms with Crippen LogP contribution in [0.25, 0.3) is 6.08 Å². The standard InChI is InChI=1S/C26H38N2O3/c1-18(2)23-11-9-19(3)24-14-22(8-6-5-7-20(16-29)13-25(23)24)31-26(30)12-10-21-15-28(4)17-27-21/h5-6,9-10,12,15,17-18,20,22-25,29H,7-8,11,13-14,16H2,1-4H3/b6-5-,12-10+/t20?,22-,23-,24+,25-/m1/s1. The van der Waals surface area contributed by atoms with Crippen molar-refractivity contribution in [2.75, 3.05) is 6.61 Å². The number of carbonyl (C=O) groups excluding carboxylic acids is 1. The normalized spacial score (nSPS) is 30.6. The van der Waals surface area contributed by atoms with Crippen molar-refractivity contribution in [3.63, 3.8) is 0 Å². The third-order valence-electron chi connectivity index (χ3n) is 7.03. The van der Waals surface area contributed by atoms with Crippen molar-refractivity contribution in [2.45, 2.75) is 59.0 Å². The van der Waals surface area contributed by atoms with E-state index in [1.807, 2.05) is 17.8 Å². The van der Waals surface area contributed by atoms with Crippen LogP contribution in [-0.4, -0.2) is 33.3 Å². The second-order valence-corrected chi connectivity index (χ2v) is 9.68. The van der Waals surface area contributed by atoms with Crippen molar-refractivity contribution in [1.29, 1.82) is 0 Å². The van der Waals surface area contributed by atoms with Gasteiger partial charge in [0.15, 0.2) is 0 Å². The first-order valence-corrected chi connectivity index (χ1v) is 11.7. The van der Waals surface area contributed by atoms with Gasteiger partial charge in [-0.3, -0.25) is 0 Å². The first kappa shape index (κ1) is 23.5. The monoisotopic (exact) mass is 426 g/mol. The molecule has 0 radical (unpaired) electrons. The highest BCUT2D eigenvalue weighted by atomic mass is 16.5. The lowest BCUT2D eigenvalue weighted by Crippen LogP contribution is -2.36. The van der Waals surface area contributed by atoms with E-state index >= 15 is 0 Å². The second kappa shape index (κ2) is 10.9. The molecule has 1 unspecified atom stereocenters. The zero-order valence-corrected chi connectivity index (χ0v) is 19.4. The highest BCUT2D eigenvalue weighted by molar-refractivity contribution is 5.86. The zero-order chi connectivity index (χ0) is 22.4. The van der Waals surface area contributed by atoms with E-state index in [1.54, 1.807) is 12.4 Å². The number of allylic oxidation sites excluding steroid dienone is 3. The van der Waals surface area contributed by atoms with Gasteiger partial charge in [0.2, 0.25) is 0 Å². The summed E-state index contributed by atoms with van der Waals surface area (Å²) in [6.07, 6.45) is 17.8. The summed E-state index contributed by atoms with van der Waals surface area (Å²) in [5, 5.41) is 9.94. The molecule has 0 aromatic carbocycles. The molecule has 3 rings (SSSR count). The first-order valence-electron chi connectivity index (χ1n) is 11.7. The first-order chi connectivity index (χ1) is 14.9. The number of esters is 1. The maximum Gasteiger partial charge on any atom is 0.331 e. The van der Waals surface area contributed by atoms with Gasteiger partial charge in [-0.25, -0.2) is 9.78 Å². The van der Waals surface area contributed by atoms with Crippen molar-refractivity contribution >= 4 is 12.0 Å². The van der Waals surface area contributed by atoms with Gasteiger partial charge in [0.1, 0.15) is 6.10 Å². The average molecular weight is 427 g/mol. The summed E-state index contributed by atoms with van der Waals surface area (Å²) in [6.45, 7) is 7.08. The molecule has 0 fully saturated rings. The number of aryl methyl sites for hydroxylation is 1. The van der Waals surface area contributed by atoms with Gasteiger partial charge in [-0.15, -0.1) is 0 Å². The van der Waals surface area contributed by atoms with Gasteiger partial charge in [-0.2, -0.15) is 0 Å². The summed E-state index contributed by atoms with van der Waals surface area (Å²) in [5.74, 6) is 2.08. The van der Waals surface area contributed by atoms with Gasteiger partial charge >= 0.3 is 5.97 Å². The van der Waals surface area contributed by atoms with Crippen molar-refractivity contribution in [3.8, 4) is 0 Å². The molecule has 0 aliphatic heterocycles. The molecular weight excluding hydrogens is 388 g/mol. The number of aliphatic hydroxyl groups is 1. The lowest BCUT2D eigenvalue weighted by atomic mass is 9.63. The van der Waals surface area contributed by atoms with Crippen LogP contribution in [0, 0.1) is 29.6 Å². The molecule has 1 heterocycles. The van der Waals surface area contributed by atoms with E-state index in [9.17, 15) is 9.90 Å². The summed E-state index contributed by atoms with van der Waals surface area (Å²) >= 11 is 0. The largest absolute Gasteiger partial charge is 0.459 e. The molecule has 0 amide bonds. The van der Waals surface area contributed by atoms with E-state index in [0.717, 1.165) is 31.4 Å². The molecule has 0 spiro atoms. The van der Waals surface area contributed by atoms with Crippen LogP contribution in [-0.2, 0) is 16.6 Å². The predicted octanol–water partition coefficient (Wildman–Crippen LogP) is 4.94. The third-order valence-corrected chi connectivity index (χ3v) is 7.03. The van der Waals surface area contributed by atoms with Gasteiger partial charge in [0.25, 0.3) is 0 Å². The van der Waals surface area contributed by atoms with Crippen LogP contribution in [0.3, 0.4) is 0 Å². The third kappa shape index (κ3) is 6.42. The molecule has 170 valence electrons. The molecule has 31 heavy (non-hydrogen) atoms. The predicted molar refractivity (Wildman–Crippen MR) is 124 cm³/mol. The Labute approximate surface area is 186 Å². The lowest BCUT2D eigenvalue weighted by Gasteiger charge is -2.42. The maximum atomic E-state index is 12.5. The summed E-state index contributed by atoms with van der Waals surface area (Å²) in [5.41, 5.74) is 2.15. The molecule has 2 aliphatic carbocycles. The van der Waals surface area contributed by atoms with Crippen LogP contribution >= 0.6 is 0 Å². The molecule has 5 nitrogen and oxygen atoms in total. The van der Waals surface area contributed by atoms with Gasteiger partial charge in [0, 0.05) is 32.3 Å². The number of hydrogen-bond acceptors (Lipinski definition) is 4. The van der Waals surface area contributed by atoms with Gasteiger partial charge in [-0.05, 0) is 68.3 Å². The number of imidazole rings is 1. The molecule has 1 aromatic heterocycles. The van der Waals surface area contributed by atoms with Crippen LogP contribution in [0.2, 0.25) is 0 Å². The van der Waals surface area contributed by atoms with E-state index in [-0.39, 0.29) is 18.7 Å². The van der Waals surface area contributed by atoms with Crippen LogP contribution < -0.4 is 0 Å². The Kier molecular flexibility index (Phi) is 8.30. The number of nitrogens with zero attached hydrogens (tertiary/aromatic N) is 2. The van der Waals surface area contributed by atoms with Crippen LogP contribution in [0.1, 0.15) is 58.6 Å². The smallest absolute Gasteiger partial charge is 0.331 e. The Morgan fingerprint density at radius 1 is 1.29 bits per heavy atom. The van der Waals surface area contributed by atoms with Gasteiger partial charge < -0.3 is 14.4 Å². The van der Waals surface area contributed by atoms with Crippen molar-refractivity contribution < 1.29 is 14.6 Å². The number of aliphatic hydroxyl groups excluding tert-OH is 1. The average Bonchev–Trinajstić information content (AvgIpc) is 3.15. The van der Waals surface area contributed by atoms with E-state index in [4.69, 9.17) is 4.74 Å². The Balaban J connectivity index is 1.77. The molecule has 1 aromatic rings. The van der Waals surface area contributed by atoms with Crippen molar-refractivity contribution in [1.82, 2.24) is 9.55 Å². The maximum absolute atomic E-state index is 12.5. The minimum atomic E-state index is -0.316. The van der Waals surface area contributed by atoms with E-state index in [0.29, 0.717) is 36.0 Å². The van der Waals surface area contributed by atoms with Gasteiger partial charge in [0.05, 0.1) is 12.0 Å². The number of rotatable bonds is 5. The highest BCUT2D eigenvalue weighted by Gasteiger charge is 2.38. The Bertz CT molecular complexity index is 820. The molecule has 0 bridgehead atoms. The second-order valence-electron chi connectivity index (χ2n) is 9.68. The lowest BCUT2D eigenvalue weighted by molar-refractivity contribution is -0.143. The van der Waals surface area contributed by atoms with E-state index in [1.165, 1.54) is 11.6 Å². The van der Waals surface area contributed by atoms with Crippen molar-refractivity contribution in [3.05, 3.63) is 48.1 Å². The Morgan fingerprint density at radius 2 is 2.06 bits per heavy atom. The number of carbonyl (C=O) groups is 1. The van der Waals surface area contributed by atoms with Crippen LogP contribution in [0.15, 0.2) is 42.4 Å². The van der Waals surface area contributed by atoms with Gasteiger partial charge in [-0.1, -0.05) is 37.6 Å². The number of fused-ring (bicyclic) bond motifs is 1. The summed E-state index contributed by atoms with van der Waals surface area (Å²) in [7, 11) is 1.90. The minimum absolute atomic E-state index is 0.149. The van der Waals surface area contributed by atoms with E-state index < -0.39 is 0 Å². The molecule has 0 saturated heterocycles.